The van der Waals surface area contributed by atoms with Crippen LogP contribution < -0.4 is 5.32 Å². The molecular formula is C18H14F2N2O. The van der Waals surface area contributed by atoms with E-state index in [1.807, 2.05) is 0 Å². The summed E-state index contributed by atoms with van der Waals surface area (Å²) in [6, 6.07) is 12.3. The smallest absolute Gasteiger partial charge is 0.275 e. The molecule has 3 nitrogen and oxygen atoms in total. The summed E-state index contributed by atoms with van der Waals surface area (Å²) in [7, 11) is 0. The molecule has 0 saturated carbocycles. The summed E-state index contributed by atoms with van der Waals surface area (Å²) in [4.78, 5) is 16.1. The number of aryl methyl sites for hydroxylation is 1. The van der Waals surface area contributed by atoms with Crippen molar-refractivity contribution in [3.63, 3.8) is 0 Å². The molecule has 1 N–H and O–H groups in total. The maximum absolute atomic E-state index is 13.6. The van der Waals surface area contributed by atoms with Gasteiger partial charge in [-0.2, -0.15) is 0 Å². The number of benzene rings is 2. The van der Waals surface area contributed by atoms with Crippen molar-refractivity contribution in [3.8, 4) is 0 Å². The normalized spacial score (nSPS) is 15.7. The number of nitrogens with one attached hydrogen (secondary N) is 1. The number of carbonyl (C=O) groups is 1. The second kappa shape index (κ2) is 6.52. The second-order valence-corrected chi connectivity index (χ2v) is 5.19. The zero-order chi connectivity index (χ0) is 16.2. The Kier molecular flexibility index (Phi) is 4.28. The van der Waals surface area contributed by atoms with Crippen LogP contribution in [0.25, 0.3) is 6.08 Å². The molecule has 3 rings (SSSR count). The fraction of sp³-hybridized carbons (Fsp3) is 0.111. The minimum atomic E-state index is -0.336. The highest BCUT2D eigenvalue weighted by atomic mass is 19.1. The van der Waals surface area contributed by atoms with Crippen LogP contribution in [0.2, 0.25) is 0 Å². The number of halogens is 2. The molecule has 23 heavy (non-hydrogen) atoms. The van der Waals surface area contributed by atoms with Crippen molar-refractivity contribution < 1.29 is 13.6 Å². The zero-order valence-corrected chi connectivity index (χ0v) is 12.2. The van der Waals surface area contributed by atoms with E-state index in [-0.39, 0.29) is 23.2 Å². The Morgan fingerprint density at radius 1 is 1.00 bits per heavy atom. The fourth-order valence-electron chi connectivity index (χ4n) is 2.31. The number of amidine groups is 1. The summed E-state index contributed by atoms with van der Waals surface area (Å²) in [5.74, 6) is -0.402. The summed E-state index contributed by atoms with van der Waals surface area (Å²) in [5.41, 5.74) is 1.54. The van der Waals surface area contributed by atoms with Gasteiger partial charge in [0.05, 0.1) is 0 Å². The van der Waals surface area contributed by atoms with Gasteiger partial charge in [-0.05, 0) is 41.8 Å². The van der Waals surface area contributed by atoms with Gasteiger partial charge in [0.1, 0.15) is 23.2 Å². The highest BCUT2D eigenvalue weighted by Gasteiger charge is 2.19. The Hall–Kier alpha value is -2.82. The first-order valence-electron chi connectivity index (χ1n) is 7.21. The molecule has 1 aliphatic heterocycles. The molecule has 0 radical (unpaired) electrons. The summed E-state index contributed by atoms with van der Waals surface area (Å²) in [6.07, 6.45) is 2.48. The lowest BCUT2D eigenvalue weighted by molar-refractivity contribution is -0.115. The van der Waals surface area contributed by atoms with E-state index in [0.29, 0.717) is 29.8 Å². The Morgan fingerprint density at radius 2 is 1.74 bits per heavy atom. The molecule has 1 heterocycles. The standard InChI is InChI=1S/C18H14F2N2O/c19-14-8-5-12(6-9-14)11-16-18(23)22-17(21-16)10-7-13-3-1-2-4-15(13)20/h1-6,8-9,11H,7,10H2,(H,21,22,23)/b16-11+. The highest BCUT2D eigenvalue weighted by Crippen LogP contribution is 2.15. The van der Waals surface area contributed by atoms with Gasteiger partial charge < -0.3 is 5.32 Å². The van der Waals surface area contributed by atoms with Crippen LogP contribution in [-0.4, -0.2) is 11.7 Å². The number of carbonyl (C=O) groups excluding carboxylic acids is 1. The Balaban J connectivity index is 1.71. The second-order valence-electron chi connectivity index (χ2n) is 5.19. The molecule has 0 saturated heterocycles. The van der Waals surface area contributed by atoms with Crippen LogP contribution in [0.3, 0.4) is 0 Å². The van der Waals surface area contributed by atoms with Crippen molar-refractivity contribution in [3.05, 3.63) is 77.0 Å². The molecule has 0 atom stereocenters. The van der Waals surface area contributed by atoms with Crippen molar-refractivity contribution in [1.82, 2.24) is 5.32 Å². The molecular weight excluding hydrogens is 298 g/mol. The van der Waals surface area contributed by atoms with E-state index in [1.165, 1.54) is 18.2 Å². The fourth-order valence-corrected chi connectivity index (χ4v) is 2.31. The van der Waals surface area contributed by atoms with Gasteiger partial charge in [-0.15, -0.1) is 0 Å². The van der Waals surface area contributed by atoms with Crippen LogP contribution in [0, 0.1) is 11.6 Å². The van der Waals surface area contributed by atoms with Crippen LogP contribution in [0.5, 0.6) is 0 Å². The first-order valence-corrected chi connectivity index (χ1v) is 7.21. The average molecular weight is 312 g/mol. The molecule has 0 bridgehead atoms. The number of amides is 1. The largest absolute Gasteiger partial charge is 0.309 e. The monoisotopic (exact) mass is 312 g/mol. The Labute approximate surface area is 132 Å². The van der Waals surface area contributed by atoms with E-state index in [1.54, 1.807) is 36.4 Å². The lowest BCUT2D eigenvalue weighted by Gasteiger charge is -2.02. The van der Waals surface area contributed by atoms with Crippen LogP contribution in [0.4, 0.5) is 8.78 Å². The Morgan fingerprint density at radius 3 is 2.48 bits per heavy atom. The van der Waals surface area contributed by atoms with E-state index in [9.17, 15) is 13.6 Å². The van der Waals surface area contributed by atoms with E-state index in [0.717, 1.165) is 0 Å². The van der Waals surface area contributed by atoms with Crippen molar-refractivity contribution >= 4 is 17.8 Å². The summed E-state index contributed by atoms with van der Waals surface area (Å²) in [5, 5.41) is 2.67. The quantitative estimate of drug-likeness (QED) is 0.863. The third-order valence-electron chi connectivity index (χ3n) is 3.51. The number of rotatable bonds is 4. The topological polar surface area (TPSA) is 41.5 Å². The molecule has 2 aromatic rings. The third kappa shape index (κ3) is 3.69. The minimum Gasteiger partial charge on any atom is -0.309 e. The number of aliphatic imine (C=N–C) groups is 1. The summed E-state index contributed by atoms with van der Waals surface area (Å²) in [6.45, 7) is 0. The molecule has 1 aliphatic rings. The Bertz CT molecular complexity index is 795. The number of hydrogen-bond donors (Lipinski definition) is 1. The van der Waals surface area contributed by atoms with Crippen LogP contribution in [0.1, 0.15) is 17.5 Å². The summed E-state index contributed by atoms with van der Waals surface area (Å²) >= 11 is 0. The van der Waals surface area contributed by atoms with E-state index in [4.69, 9.17) is 0 Å². The van der Waals surface area contributed by atoms with Gasteiger partial charge in [-0.1, -0.05) is 30.3 Å². The first-order chi connectivity index (χ1) is 11.1. The molecule has 5 heteroatoms. The number of hydrogen-bond acceptors (Lipinski definition) is 2. The van der Waals surface area contributed by atoms with E-state index >= 15 is 0 Å². The maximum atomic E-state index is 13.6. The summed E-state index contributed by atoms with van der Waals surface area (Å²) < 4.78 is 26.4. The molecule has 1 amide bonds. The van der Waals surface area contributed by atoms with Crippen LogP contribution in [-0.2, 0) is 11.2 Å². The van der Waals surface area contributed by atoms with Gasteiger partial charge in [0.2, 0.25) is 0 Å². The van der Waals surface area contributed by atoms with Gasteiger partial charge in [-0.25, -0.2) is 13.8 Å². The van der Waals surface area contributed by atoms with Crippen LogP contribution in [0.15, 0.2) is 59.2 Å². The van der Waals surface area contributed by atoms with E-state index < -0.39 is 0 Å². The van der Waals surface area contributed by atoms with Crippen molar-refractivity contribution in [1.29, 1.82) is 0 Å². The zero-order valence-electron chi connectivity index (χ0n) is 12.2. The predicted octanol–water partition coefficient (Wildman–Crippen LogP) is 3.47. The van der Waals surface area contributed by atoms with Crippen LogP contribution >= 0.6 is 0 Å². The average Bonchev–Trinajstić information content (AvgIpc) is 2.89. The van der Waals surface area contributed by atoms with Crippen molar-refractivity contribution in [2.45, 2.75) is 12.8 Å². The highest BCUT2D eigenvalue weighted by molar-refractivity contribution is 6.14. The molecule has 116 valence electrons. The minimum absolute atomic E-state index is 0.264. The van der Waals surface area contributed by atoms with Crippen molar-refractivity contribution in [2.24, 2.45) is 4.99 Å². The van der Waals surface area contributed by atoms with Gasteiger partial charge in [0.15, 0.2) is 0 Å². The third-order valence-corrected chi connectivity index (χ3v) is 3.51. The molecule has 0 aliphatic carbocycles. The van der Waals surface area contributed by atoms with Gasteiger partial charge >= 0.3 is 0 Å². The number of nitrogens with zero attached hydrogens (tertiary/aromatic N) is 1. The predicted molar refractivity (Wildman–Crippen MR) is 84.7 cm³/mol. The molecule has 2 aromatic carbocycles. The molecule has 0 aromatic heterocycles. The van der Waals surface area contributed by atoms with Crippen molar-refractivity contribution in [2.75, 3.05) is 0 Å². The SMILES string of the molecule is O=C1NC(CCc2ccccc2F)=N/C1=C/c1ccc(F)cc1. The maximum Gasteiger partial charge on any atom is 0.275 e. The van der Waals surface area contributed by atoms with Gasteiger partial charge in [0.25, 0.3) is 5.91 Å². The molecule has 0 fully saturated rings. The molecule has 0 unspecified atom stereocenters. The van der Waals surface area contributed by atoms with Gasteiger partial charge in [0, 0.05) is 6.42 Å². The van der Waals surface area contributed by atoms with E-state index in [2.05, 4.69) is 10.3 Å². The lowest BCUT2D eigenvalue weighted by atomic mass is 10.1. The molecule has 0 spiro atoms. The lowest BCUT2D eigenvalue weighted by Crippen LogP contribution is -2.24. The first kappa shape index (κ1) is 15.1. The van der Waals surface area contributed by atoms with Gasteiger partial charge in [-0.3, -0.25) is 4.79 Å².